The van der Waals surface area contributed by atoms with Gasteiger partial charge in [0.2, 0.25) is 0 Å². The summed E-state index contributed by atoms with van der Waals surface area (Å²) in [5.74, 6) is 1.44. The molecule has 1 atom stereocenters. The average molecular weight is 224 g/mol. The number of aliphatic carboxylic acids is 1. The third kappa shape index (κ3) is 3.46. The van der Waals surface area contributed by atoms with Crippen molar-refractivity contribution in [1.82, 2.24) is 10.2 Å². The van der Waals surface area contributed by atoms with Gasteiger partial charge in [-0.25, -0.2) is 4.79 Å². The van der Waals surface area contributed by atoms with Crippen molar-refractivity contribution in [2.45, 2.75) is 31.7 Å². The second-order valence-corrected chi connectivity index (χ2v) is 3.80. The average Bonchev–Trinajstić information content (AvgIpc) is 2.26. The molecule has 0 spiro atoms. The molecule has 1 unspecified atom stereocenters. The number of likely N-dealkylation sites (tertiary alicyclic amines) is 1. The van der Waals surface area contributed by atoms with Crippen LogP contribution in [-0.4, -0.2) is 41.1 Å². The molecular weight excluding hydrogens is 208 g/mol. The monoisotopic (exact) mass is 224 g/mol. The van der Waals surface area contributed by atoms with Gasteiger partial charge in [-0.15, -0.1) is 6.42 Å². The van der Waals surface area contributed by atoms with E-state index in [1.165, 1.54) is 0 Å². The Labute approximate surface area is 94.8 Å². The van der Waals surface area contributed by atoms with Crippen molar-refractivity contribution in [3.8, 4) is 12.3 Å². The summed E-state index contributed by atoms with van der Waals surface area (Å²) in [6.45, 7) is 0.781. The fourth-order valence-corrected chi connectivity index (χ4v) is 1.91. The lowest BCUT2D eigenvalue weighted by Gasteiger charge is -2.34. The molecule has 0 aromatic heterocycles. The van der Waals surface area contributed by atoms with Crippen molar-refractivity contribution < 1.29 is 14.7 Å². The summed E-state index contributed by atoms with van der Waals surface area (Å²) in [7, 11) is 0. The van der Waals surface area contributed by atoms with Gasteiger partial charge >= 0.3 is 12.0 Å². The van der Waals surface area contributed by atoms with E-state index >= 15 is 0 Å². The molecule has 1 heterocycles. The number of piperidine rings is 1. The van der Waals surface area contributed by atoms with E-state index in [0.717, 1.165) is 19.3 Å². The highest BCUT2D eigenvalue weighted by atomic mass is 16.4. The van der Waals surface area contributed by atoms with E-state index in [0.29, 0.717) is 6.54 Å². The Kier molecular flexibility index (Phi) is 4.65. The molecular formula is C11H16N2O3. The lowest BCUT2D eigenvalue weighted by Crippen LogP contribution is -2.49. The summed E-state index contributed by atoms with van der Waals surface area (Å²) in [6.07, 6.45) is 7.68. The van der Waals surface area contributed by atoms with E-state index in [1.807, 2.05) is 0 Å². The Balaban J connectivity index is 2.55. The number of amides is 2. The van der Waals surface area contributed by atoms with Gasteiger partial charge in [-0.2, -0.15) is 0 Å². The molecule has 2 amide bonds. The molecule has 1 rings (SSSR count). The Hall–Kier alpha value is -1.70. The number of terminal acetylenes is 1. The van der Waals surface area contributed by atoms with Gasteiger partial charge in [0.1, 0.15) is 0 Å². The molecule has 1 aliphatic heterocycles. The highest BCUT2D eigenvalue weighted by molar-refractivity contribution is 5.76. The zero-order valence-electron chi connectivity index (χ0n) is 9.11. The second kappa shape index (κ2) is 6.01. The predicted molar refractivity (Wildman–Crippen MR) is 58.8 cm³/mol. The first kappa shape index (κ1) is 12.4. The number of nitrogens with one attached hydrogen (secondary N) is 1. The van der Waals surface area contributed by atoms with Crippen molar-refractivity contribution in [3.05, 3.63) is 0 Å². The third-order valence-corrected chi connectivity index (χ3v) is 2.64. The van der Waals surface area contributed by atoms with Gasteiger partial charge in [0.15, 0.2) is 0 Å². The van der Waals surface area contributed by atoms with Crippen LogP contribution in [0.3, 0.4) is 0 Å². The topological polar surface area (TPSA) is 69.6 Å². The number of hydrogen-bond donors (Lipinski definition) is 2. The summed E-state index contributed by atoms with van der Waals surface area (Å²) >= 11 is 0. The molecule has 0 bridgehead atoms. The fraction of sp³-hybridized carbons (Fsp3) is 0.636. The van der Waals surface area contributed by atoms with E-state index in [9.17, 15) is 9.59 Å². The SMILES string of the molecule is C#CCNC(=O)N1CCCCC1CC(=O)O. The molecule has 88 valence electrons. The summed E-state index contributed by atoms with van der Waals surface area (Å²) in [6, 6.07) is -0.465. The molecule has 1 aliphatic rings. The smallest absolute Gasteiger partial charge is 0.318 e. The Bertz CT molecular complexity index is 309. The Morgan fingerprint density at radius 1 is 1.50 bits per heavy atom. The Morgan fingerprint density at radius 2 is 2.25 bits per heavy atom. The molecule has 1 fully saturated rings. The number of carboxylic acid groups (broad SMARTS) is 1. The van der Waals surface area contributed by atoms with Crippen LogP contribution < -0.4 is 5.32 Å². The summed E-state index contributed by atoms with van der Waals surface area (Å²) in [5.41, 5.74) is 0. The van der Waals surface area contributed by atoms with Crippen molar-refractivity contribution in [3.63, 3.8) is 0 Å². The lowest BCUT2D eigenvalue weighted by atomic mass is 10.00. The summed E-state index contributed by atoms with van der Waals surface area (Å²) < 4.78 is 0. The van der Waals surface area contributed by atoms with Gasteiger partial charge in [0.25, 0.3) is 0 Å². The first-order valence-corrected chi connectivity index (χ1v) is 5.35. The maximum atomic E-state index is 11.7. The van der Waals surface area contributed by atoms with Crippen LogP contribution in [0.25, 0.3) is 0 Å². The van der Waals surface area contributed by atoms with Crippen LogP contribution in [-0.2, 0) is 4.79 Å². The molecule has 16 heavy (non-hydrogen) atoms. The zero-order valence-corrected chi connectivity index (χ0v) is 9.11. The minimum Gasteiger partial charge on any atom is -0.481 e. The molecule has 2 N–H and O–H groups in total. The van der Waals surface area contributed by atoms with Crippen LogP contribution in [0, 0.1) is 12.3 Å². The number of carboxylic acids is 1. The second-order valence-electron chi connectivity index (χ2n) is 3.80. The molecule has 5 heteroatoms. The third-order valence-electron chi connectivity index (χ3n) is 2.64. The maximum Gasteiger partial charge on any atom is 0.318 e. The van der Waals surface area contributed by atoms with Crippen molar-refractivity contribution in [2.24, 2.45) is 0 Å². The molecule has 0 radical (unpaired) electrons. The number of carbonyl (C=O) groups excluding carboxylic acids is 1. The van der Waals surface area contributed by atoms with E-state index in [4.69, 9.17) is 11.5 Å². The van der Waals surface area contributed by atoms with Crippen LogP contribution in [0.4, 0.5) is 4.79 Å². The van der Waals surface area contributed by atoms with Crippen LogP contribution in [0.5, 0.6) is 0 Å². The molecule has 5 nitrogen and oxygen atoms in total. The van der Waals surface area contributed by atoms with Crippen LogP contribution in [0.15, 0.2) is 0 Å². The quantitative estimate of drug-likeness (QED) is 0.692. The zero-order chi connectivity index (χ0) is 12.0. The molecule has 1 saturated heterocycles. The number of nitrogens with zero attached hydrogens (tertiary/aromatic N) is 1. The van der Waals surface area contributed by atoms with E-state index in [-0.39, 0.29) is 25.0 Å². The van der Waals surface area contributed by atoms with Gasteiger partial charge in [0, 0.05) is 12.6 Å². The van der Waals surface area contributed by atoms with Crippen LogP contribution in [0.2, 0.25) is 0 Å². The molecule has 0 aromatic carbocycles. The summed E-state index contributed by atoms with van der Waals surface area (Å²) in [5, 5.41) is 11.3. The van der Waals surface area contributed by atoms with Gasteiger partial charge in [-0.05, 0) is 19.3 Å². The number of carbonyl (C=O) groups is 2. The fourth-order valence-electron chi connectivity index (χ4n) is 1.91. The van der Waals surface area contributed by atoms with Crippen molar-refractivity contribution in [1.29, 1.82) is 0 Å². The number of rotatable bonds is 3. The van der Waals surface area contributed by atoms with Gasteiger partial charge < -0.3 is 15.3 Å². The first-order chi connectivity index (χ1) is 7.65. The van der Waals surface area contributed by atoms with Crippen molar-refractivity contribution in [2.75, 3.05) is 13.1 Å². The van der Waals surface area contributed by atoms with Gasteiger partial charge in [0.05, 0.1) is 13.0 Å². The standard InChI is InChI=1S/C11H16N2O3/c1-2-6-12-11(16)13-7-4-3-5-9(13)8-10(14)15/h1,9H,3-8H2,(H,12,16)(H,14,15). The minimum atomic E-state index is -0.873. The molecule has 0 aromatic rings. The van der Waals surface area contributed by atoms with E-state index < -0.39 is 5.97 Å². The minimum absolute atomic E-state index is 0.00345. The van der Waals surface area contributed by atoms with E-state index in [1.54, 1.807) is 4.90 Å². The van der Waals surface area contributed by atoms with Gasteiger partial charge in [-0.3, -0.25) is 4.79 Å². The van der Waals surface area contributed by atoms with E-state index in [2.05, 4.69) is 11.2 Å². The van der Waals surface area contributed by atoms with Crippen LogP contribution in [0.1, 0.15) is 25.7 Å². The van der Waals surface area contributed by atoms with Gasteiger partial charge in [-0.1, -0.05) is 5.92 Å². The van der Waals surface area contributed by atoms with Crippen molar-refractivity contribution >= 4 is 12.0 Å². The maximum absolute atomic E-state index is 11.7. The lowest BCUT2D eigenvalue weighted by molar-refractivity contribution is -0.138. The first-order valence-electron chi connectivity index (χ1n) is 5.35. The molecule has 0 saturated carbocycles. The largest absolute Gasteiger partial charge is 0.481 e. The number of urea groups is 1. The Morgan fingerprint density at radius 3 is 2.88 bits per heavy atom. The summed E-state index contributed by atoms with van der Waals surface area (Å²) in [4.78, 5) is 23.9. The van der Waals surface area contributed by atoms with Crippen LogP contribution >= 0.6 is 0 Å². The normalized spacial score (nSPS) is 19.9. The molecule has 0 aliphatic carbocycles. The predicted octanol–water partition coefficient (Wildman–Crippen LogP) is 0.658. The number of hydrogen-bond acceptors (Lipinski definition) is 2. The highest BCUT2D eigenvalue weighted by Crippen LogP contribution is 2.19. The highest BCUT2D eigenvalue weighted by Gasteiger charge is 2.27.